The number of methoxy groups -OCH3 is 1. The van der Waals surface area contributed by atoms with E-state index in [1.807, 2.05) is 47.8 Å². The first kappa shape index (κ1) is 25.9. The zero-order chi connectivity index (χ0) is 26.5. The number of carbonyl (C=O) groups excluding carboxylic acids is 2. The number of hydrogen-bond donors (Lipinski definition) is 2. The van der Waals surface area contributed by atoms with Crippen LogP contribution in [0, 0.1) is 6.92 Å². The number of fused-ring (bicyclic) bond motifs is 1. The van der Waals surface area contributed by atoms with Gasteiger partial charge in [-0.2, -0.15) is 0 Å². The predicted molar refractivity (Wildman–Crippen MR) is 157 cm³/mol. The van der Waals surface area contributed by atoms with Crippen LogP contribution >= 0.6 is 34.4 Å². The molecule has 38 heavy (non-hydrogen) atoms. The molecule has 0 fully saturated rings. The van der Waals surface area contributed by atoms with Crippen molar-refractivity contribution in [2.24, 2.45) is 0 Å². The van der Waals surface area contributed by atoms with E-state index in [1.165, 1.54) is 28.7 Å². The third-order valence-corrected chi connectivity index (χ3v) is 8.65. The van der Waals surface area contributed by atoms with E-state index >= 15 is 0 Å². The Hall–Kier alpha value is -3.73. The number of benzene rings is 3. The summed E-state index contributed by atoms with van der Waals surface area (Å²) in [7, 11) is 1.58. The van der Waals surface area contributed by atoms with Crippen LogP contribution in [0.1, 0.15) is 11.3 Å². The molecule has 2 heterocycles. The minimum Gasteiger partial charge on any atom is -0.497 e. The third kappa shape index (κ3) is 6.58. The molecule has 0 spiro atoms. The lowest BCUT2D eigenvalue weighted by molar-refractivity contribution is -0.116. The van der Waals surface area contributed by atoms with E-state index in [0.29, 0.717) is 17.1 Å². The lowest BCUT2D eigenvalue weighted by Gasteiger charge is -2.06. The van der Waals surface area contributed by atoms with Gasteiger partial charge in [-0.05, 0) is 61.0 Å². The van der Waals surface area contributed by atoms with Gasteiger partial charge in [0.1, 0.15) is 10.8 Å². The molecule has 0 unspecified atom stereocenters. The number of aromatic nitrogens is 2. The number of thioether (sulfide) groups is 1. The van der Waals surface area contributed by atoms with E-state index in [1.54, 1.807) is 30.6 Å². The van der Waals surface area contributed by atoms with Gasteiger partial charge in [0.15, 0.2) is 4.34 Å². The summed E-state index contributed by atoms with van der Waals surface area (Å²) in [4.78, 5) is 34.1. The molecule has 0 aliphatic rings. The molecule has 0 saturated heterocycles. The van der Waals surface area contributed by atoms with Crippen molar-refractivity contribution in [1.82, 2.24) is 9.97 Å². The molecule has 0 radical (unpaired) electrons. The first-order valence-corrected chi connectivity index (χ1v) is 14.4. The second kappa shape index (κ2) is 11.8. The van der Waals surface area contributed by atoms with Crippen LogP contribution in [0.25, 0.3) is 20.8 Å². The summed E-state index contributed by atoms with van der Waals surface area (Å²) in [6.45, 7) is 2.07. The first-order chi connectivity index (χ1) is 18.4. The largest absolute Gasteiger partial charge is 0.497 e. The Morgan fingerprint density at radius 2 is 1.76 bits per heavy atom. The highest BCUT2D eigenvalue weighted by Crippen LogP contribution is 2.31. The van der Waals surface area contributed by atoms with Crippen LogP contribution in [-0.4, -0.2) is 34.6 Å². The van der Waals surface area contributed by atoms with E-state index in [4.69, 9.17) is 9.72 Å². The maximum Gasteiger partial charge on any atom is 0.234 e. The van der Waals surface area contributed by atoms with Gasteiger partial charge in [-0.1, -0.05) is 23.9 Å². The smallest absolute Gasteiger partial charge is 0.234 e. The molecular formula is C28H24N4O3S3. The Labute approximate surface area is 232 Å². The average Bonchev–Trinajstić information content (AvgIpc) is 3.54. The fourth-order valence-electron chi connectivity index (χ4n) is 3.68. The van der Waals surface area contributed by atoms with E-state index in [9.17, 15) is 9.59 Å². The van der Waals surface area contributed by atoms with Crippen LogP contribution in [0.4, 0.5) is 11.4 Å². The third-order valence-electron chi connectivity index (χ3n) is 5.51. The summed E-state index contributed by atoms with van der Waals surface area (Å²) in [5.74, 6) is 0.613. The van der Waals surface area contributed by atoms with Gasteiger partial charge in [-0.25, -0.2) is 9.97 Å². The second-order valence-corrected chi connectivity index (χ2v) is 11.6. The summed E-state index contributed by atoms with van der Waals surface area (Å²) in [5, 5.41) is 8.57. The lowest BCUT2D eigenvalue weighted by Crippen LogP contribution is -2.14. The number of hydrogen-bond acceptors (Lipinski definition) is 8. The van der Waals surface area contributed by atoms with Gasteiger partial charge >= 0.3 is 0 Å². The van der Waals surface area contributed by atoms with Crippen LogP contribution in [0.15, 0.2) is 76.4 Å². The Bertz CT molecular complexity index is 1590. The van der Waals surface area contributed by atoms with Gasteiger partial charge < -0.3 is 15.4 Å². The molecule has 0 aliphatic heterocycles. The molecule has 192 valence electrons. The second-order valence-electron chi connectivity index (χ2n) is 8.47. The predicted octanol–water partition coefficient (Wildman–Crippen LogP) is 6.65. The molecule has 2 aromatic heterocycles. The molecule has 5 aromatic rings. The number of aryl methyl sites for hydroxylation is 1. The van der Waals surface area contributed by atoms with Crippen molar-refractivity contribution in [2.75, 3.05) is 23.5 Å². The number of thiazole rings is 2. The number of nitrogens with zero attached hydrogens (tertiary/aromatic N) is 2. The SMILES string of the molecule is COc1cccc(NC(=O)CSc2nc(CC(=O)Nc3ccc(-c4nc5ccc(C)cc5s4)cc3)cs2)c1. The maximum atomic E-state index is 12.6. The molecular weight excluding hydrogens is 537 g/mol. The van der Waals surface area contributed by atoms with Crippen molar-refractivity contribution in [2.45, 2.75) is 17.7 Å². The molecule has 0 saturated carbocycles. The monoisotopic (exact) mass is 560 g/mol. The Morgan fingerprint density at radius 1 is 0.947 bits per heavy atom. The first-order valence-electron chi connectivity index (χ1n) is 11.7. The normalized spacial score (nSPS) is 10.9. The van der Waals surface area contributed by atoms with Crippen LogP contribution in [-0.2, 0) is 16.0 Å². The summed E-state index contributed by atoms with van der Waals surface area (Å²) in [6.07, 6.45) is 0.159. The van der Waals surface area contributed by atoms with Gasteiger partial charge in [0.2, 0.25) is 11.8 Å². The van der Waals surface area contributed by atoms with E-state index < -0.39 is 0 Å². The molecule has 10 heteroatoms. The van der Waals surface area contributed by atoms with Crippen molar-refractivity contribution in [3.05, 3.63) is 83.4 Å². The van der Waals surface area contributed by atoms with Crippen molar-refractivity contribution < 1.29 is 14.3 Å². The highest BCUT2D eigenvalue weighted by Gasteiger charge is 2.12. The Kier molecular flexibility index (Phi) is 8.02. The fourth-order valence-corrected chi connectivity index (χ4v) is 6.40. The van der Waals surface area contributed by atoms with Gasteiger partial charge in [0.25, 0.3) is 0 Å². The van der Waals surface area contributed by atoms with Crippen LogP contribution in [0.2, 0.25) is 0 Å². The van der Waals surface area contributed by atoms with Crippen molar-refractivity contribution in [1.29, 1.82) is 0 Å². The Morgan fingerprint density at radius 3 is 2.58 bits per heavy atom. The molecule has 2 N–H and O–H groups in total. The van der Waals surface area contributed by atoms with Crippen LogP contribution in [0.5, 0.6) is 5.75 Å². The maximum absolute atomic E-state index is 12.6. The molecule has 3 aromatic carbocycles. The Balaban J connectivity index is 1.11. The standard InChI is InChI=1S/C28H24N4O3S3/c1-17-6-11-23-24(12-17)38-27(32-23)18-7-9-19(10-8-18)29-25(33)14-21-15-36-28(31-21)37-16-26(34)30-20-4-3-5-22(13-20)35-2/h3-13,15H,14,16H2,1-2H3,(H,29,33)(H,30,34). The van der Waals surface area contributed by atoms with Gasteiger partial charge in [0.05, 0.1) is 35.2 Å². The quantitative estimate of drug-likeness (QED) is 0.196. The summed E-state index contributed by atoms with van der Waals surface area (Å²) < 4.78 is 7.08. The average molecular weight is 561 g/mol. The molecule has 0 atom stereocenters. The summed E-state index contributed by atoms with van der Waals surface area (Å²) in [6, 6.07) is 21.1. The lowest BCUT2D eigenvalue weighted by atomic mass is 10.2. The van der Waals surface area contributed by atoms with Gasteiger partial charge in [-0.15, -0.1) is 22.7 Å². The van der Waals surface area contributed by atoms with Crippen molar-refractivity contribution >= 4 is 67.8 Å². The molecule has 5 rings (SSSR count). The summed E-state index contributed by atoms with van der Waals surface area (Å²) >= 11 is 4.42. The van der Waals surface area contributed by atoms with E-state index in [0.717, 1.165) is 30.8 Å². The van der Waals surface area contributed by atoms with Crippen molar-refractivity contribution in [3.63, 3.8) is 0 Å². The molecule has 7 nitrogen and oxygen atoms in total. The van der Waals surface area contributed by atoms with E-state index in [2.05, 4.69) is 34.7 Å². The number of nitrogens with one attached hydrogen (secondary N) is 2. The van der Waals surface area contributed by atoms with Crippen LogP contribution < -0.4 is 15.4 Å². The highest BCUT2D eigenvalue weighted by atomic mass is 32.2. The van der Waals surface area contributed by atoms with Crippen LogP contribution in [0.3, 0.4) is 0 Å². The number of ether oxygens (including phenoxy) is 1. The molecule has 0 bridgehead atoms. The number of anilines is 2. The van der Waals surface area contributed by atoms with E-state index in [-0.39, 0.29) is 24.0 Å². The number of carbonyl (C=O) groups is 2. The number of rotatable bonds is 9. The minimum absolute atomic E-state index is 0.137. The van der Waals surface area contributed by atoms with Gasteiger partial charge in [0, 0.05) is 28.4 Å². The topological polar surface area (TPSA) is 93.2 Å². The molecule has 0 aliphatic carbocycles. The van der Waals surface area contributed by atoms with Gasteiger partial charge in [-0.3, -0.25) is 9.59 Å². The molecule has 2 amide bonds. The minimum atomic E-state index is -0.147. The highest BCUT2D eigenvalue weighted by molar-refractivity contribution is 8.01. The van der Waals surface area contributed by atoms with Crippen molar-refractivity contribution in [3.8, 4) is 16.3 Å². The number of amides is 2. The fraction of sp³-hybridized carbons (Fsp3) is 0.143. The zero-order valence-corrected chi connectivity index (χ0v) is 23.1. The summed E-state index contributed by atoms with van der Waals surface area (Å²) in [5.41, 5.74) is 5.28. The zero-order valence-electron chi connectivity index (χ0n) is 20.7.